The lowest BCUT2D eigenvalue weighted by molar-refractivity contribution is -0.144. The van der Waals surface area contributed by atoms with E-state index in [4.69, 9.17) is 4.74 Å². The van der Waals surface area contributed by atoms with Crippen LogP contribution in [0.1, 0.15) is 44.0 Å². The van der Waals surface area contributed by atoms with Crippen LogP contribution in [0.5, 0.6) is 0 Å². The number of pyridine rings is 1. The molecule has 1 aromatic heterocycles. The zero-order valence-corrected chi connectivity index (χ0v) is 12.2. The smallest absolute Gasteiger partial charge is 0.323 e. The topological polar surface area (TPSA) is 71.2 Å². The van der Waals surface area contributed by atoms with Crippen molar-refractivity contribution in [3.8, 4) is 0 Å². The zero-order chi connectivity index (χ0) is 14.7. The third kappa shape index (κ3) is 3.10. The number of carbonyl (C=O) groups excluding carboxylic acids is 1. The summed E-state index contributed by atoms with van der Waals surface area (Å²) < 4.78 is 4.86. The number of aromatic amines is 1. The second kappa shape index (κ2) is 6.22. The first-order valence-electron chi connectivity index (χ1n) is 7.09. The average molecular weight is 278 g/mol. The van der Waals surface area contributed by atoms with Gasteiger partial charge in [-0.3, -0.25) is 14.9 Å². The van der Waals surface area contributed by atoms with E-state index in [1.54, 1.807) is 6.07 Å². The summed E-state index contributed by atoms with van der Waals surface area (Å²) in [7, 11) is 1.41. The molecule has 1 unspecified atom stereocenters. The summed E-state index contributed by atoms with van der Waals surface area (Å²) in [6.07, 6.45) is 2.84. The number of aromatic nitrogens is 1. The van der Waals surface area contributed by atoms with Gasteiger partial charge in [0.25, 0.3) is 0 Å². The summed E-state index contributed by atoms with van der Waals surface area (Å²) >= 11 is 0. The molecule has 2 rings (SSSR count). The van der Waals surface area contributed by atoms with E-state index in [1.165, 1.54) is 7.11 Å². The number of nitrogens with one attached hydrogen (secondary N) is 2. The Balaban J connectivity index is 2.22. The molecule has 0 radical (unpaired) electrons. The van der Waals surface area contributed by atoms with E-state index >= 15 is 0 Å². The van der Waals surface area contributed by atoms with Crippen LogP contribution in [0, 0.1) is 5.92 Å². The van der Waals surface area contributed by atoms with Gasteiger partial charge in [-0.25, -0.2) is 0 Å². The molecule has 1 heterocycles. The number of esters is 1. The molecule has 5 heteroatoms. The Hall–Kier alpha value is -1.62. The highest BCUT2D eigenvalue weighted by atomic mass is 16.5. The number of rotatable bonds is 4. The zero-order valence-electron chi connectivity index (χ0n) is 12.2. The van der Waals surface area contributed by atoms with Gasteiger partial charge >= 0.3 is 5.97 Å². The highest BCUT2D eigenvalue weighted by molar-refractivity contribution is 5.76. The Morgan fingerprint density at radius 3 is 2.85 bits per heavy atom. The average Bonchev–Trinajstić information content (AvgIpc) is 2.43. The molecule has 110 valence electrons. The van der Waals surface area contributed by atoms with E-state index in [0.29, 0.717) is 0 Å². The lowest BCUT2D eigenvalue weighted by Gasteiger charge is -2.30. The van der Waals surface area contributed by atoms with Gasteiger partial charge in [0, 0.05) is 17.8 Å². The maximum Gasteiger partial charge on any atom is 0.323 e. The molecule has 0 bridgehead atoms. The van der Waals surface area contributed by atoms with Crippen LogP contribution < -0.4 is 10.9 Å². The molecular formula is C15H22N2O3. The number of H-pyrrole nitrogens is 1. The monoisotopic (exact) mass is 278 g/mol. The highest BCUT2D eigenvalue weighted by Crippen LogP contribution is 2.28. The van der Waals surface area contributed by atoms with Crippen LogP contribution in [0.2, 0.25) is 0 Å². The van der Waals surface area contributed by atoms with Crippen molar-refractivity contribution in [2.75, 3.05) is 7.11 Å². The molecule has 20 heavy (non-hydrogen) atoms. The summed E-state index contributed by atoms with van der Waals surface area (Å²) in [5.74, 6) is -0.0906. The molecule has 5 nitrogen and oxygen atoms in total. The summed E-state index contributed by atoms with van der Waals surface area (Å²) in [5.41, 5.74) is 2.00. The van der Waals surface area contributed by atoms with Crippen molar-refractivity contribution >= 4 is 5.97 Å². The van der Waals surface area contributed by atoms with Crippen LogP contribution in [0.15, 0.2) is 16.9 Å². The maximum atomic E-state index is 11.9. The van der Waals surface area contributed by atoms with E-state index in [0.717, 1.165) is 30.5 Å². The van der Waals surface area contributed by atoms with Gasteiger partial charge in [-0.15, -0.1) is 0 Å². The fourth-order valence-electron chi connectivity index (χ4n) is 2.75. The molecule has 0 fully saturated rings. The molecule has 0 saturated carbocycles. The van der Waals surface area contributed by atoms with Crippen molar-refractivity contribution in [1.82, 2.24) is 10.3 Å². The fourth-order valence-corrected chi connectivity index (χ4v) is 2.75. The molecule has 0 aliphatic heterocycles. The Morgan fingerprint density at radius 1 is 1.45 bits per heavy atom. The van der Waals surface area contributed by atoms with Gasteiger partial charge in [-0.05, 0) is 30.7 Å². The molecular weight excluding hydrogens is 256 g/mol. The van der Waals surface area contributed by atoms with Crippen molar-refractivity contribution in [2.24, 2.45) is 5.92 Å². The first-order valence-corrected chi connectivity index (χ1v) is 7.09. The Labute approximate surface area is 118 Å². The fraction of sp³-hybridized carbons (Fsp3) is 0.600. The van der Waals surface area contributed by atoms with E-state index in [-0.39, 0.29) is 29.5 Å². The van der Waals surface area contributed by atoms with Crippen LogP contribution in [0.4, 0.5) is 0 Å². The van der Waals surface area contributed by atoms with Gasteiger partial charge < -0.3 is 9.72 Å². The van der Waals surface area contributed by atoms with Crippen LogP contribution in [-0.4, -0.2) is 24.1 Å². The van der Waals surface area contributed by atoms with Crippen molar-refractivity contribution < 1.29 is 9.53 Å². The second-order valence-corrected chi connectivity index (χ2v) is 5.61. The summed E-state index contributed by atoms with van der Waals surface area (Å²) in [4.78, 5) is 26.1. The number of carbonyl (C=O) groups is 1. The Bertz CT molecular complexity index is 536. The van der Waals surface area contributed by atoms with Crippen LogP contribution in [0.3, 0.4) is 0 Å². The number of hydrogen-bond donors (Lipinski definition) is 2. The molecule has 1 aliphatic carbocycles. The van der Waals surface area contributed by atoms with Crippen molar-refractivity contribution in [1.29, 1.82) is 0 Å². The highest BCUT2D eigenvalue weighted by Gasteiger charge is 2.29. The number of methoxy groups -OCH3 is 1. The summed E-state index contributed by atoms with van der Waals surface area (Å²) in [5, 5.41) is 3.39. The summed E-state index contributed by atoms with van der Waals surface area (Å²) in [6, 6.07) is 3.16. The van der Waals surface area contributed by atoms with E-state index in [1.807, 2.05) is 19.9 Å². The van der Waals surface area contributed by atoms with Crippen molar-refractivity contribution in [3.05, 3.63) is 33.7 Å². The van der Waals surface area contributed by atoms with Gasteiger partial charge in [0.1, 0.15) is 6.04 Å². The predicted molar refractivity (Wildman–Crippen MR) is 76.5 cm³/mol. The van der Waals surface area contributed by atoms with Crippen LogP contribution >= 0.6 is 0 Å². The summed E-state index contributed by atoms with van der Waals surface area (Å²) in [6.45, 7) is 3.98. The quantitative estimate of drug-likeness (QED) is 0.820. The minimum absolute atomic E-state index is 0.0715. The van der Waals surface area contributed by atoms with Gasteiger partial charge in [0.15, 0.2) is 0 Å². The SMILES string of the molecule is COC(=O)[C@@H](NC1CCCc2[nH]c(=O)ccc21)C(C)C. The molecule has 0 saturated heterocycles. The van der Waals surface area contributed by atoms with Gasteiger partial charge in [0.2, 0.25) is 5.56 Å². The number of ether oxygens (including phenoxy) is 1. The van der Waals surface area contributed by atoms with E-state index < -0.39 is 0 Å². The van der Waals surface area contributed by atoms with Crippen molar-refractivity contribution in [2.45, 2.75) is 45.2 Å². The van der Waals surface area contributed by atoms with E-state index in [2.05, 4.69) is 10.3 Å². The predicted octanol–water partition coefficient (Wildman–Crippen LogP) is 1.54. The maximum absolute atomic E-state index is 11.9. The molecule has 0 aromatic carbocycles. The lowest BCUT2D eigenvalue weighted by Crippen LogP contribution is -2.44. The third-order valence-corrected chi connectivity index (χ3v) is 3.83. The molecule has 2 atom stereocenters. The first kappa shape index (κ1) is 14.8. The van der Waals surface area contributed by atoms with Gasteiger partial charge in [-0.1, -0.05) is 19.9 Å². The molecule has 0 spiro atoms. The molecule has 0 amide bonds. The lowest BCUT2D eigenvalue weighted by atomic mass is 9.90. The van der Waals surface area contributed by atoms with Crippen LogP contribution in [-0.2, 0) is 16.0 Å². The number of fused-ring (bicyclic) bond motifs is 1. The van der Waals surface area contributed by atoms with Gasteiger partial charge in [-0.2, -0.15) is 0 Å². The number of aryl methyl sites for hydroxylation is 1. The standard InChI is InChI=1S/C15H22N2O3/c1-9(2)14(15(19)20-3)17-12-6-4-5-11-10(12)7-8-13(18)16-11/h7-9,12,14,17H,4-6H2,1-3H3,(H,16,18)/t12?,14-/m0/s1. The van der Waals surface area contributed by atoms with E-state index in [9.17, 15) is 9.59 Å². The Morgan fingerprint density at radius 2 is 2.20 bits per heavy atom. The van der Waals surface area contributed by atoms with Crippen LogP contribution in [0.25, 0.3) is 0 Å². The Kier molecular flexibility index (Phi) is 4.60. The molecule has 1 aromatic rings. The minimum Gasteiger partial charge on any atom is -0.468 e. The largest absolute Gasteiger partial charge is 0.468 e. The van der Waals surface area contributed by atoms with Gasteiger partial charge in [0.05, 0.1) is 7.11 Å². The number of hydrogen-bond acceptors (Lipinski definition) is 4. The third-order valence-electron chi connectivity index (χ3n) is 3.83. The molecule has 1 aliphatic rings. The van der Waals surface area contributed by atoms with Crippen molar-refractivity contribution in [3.63, 3.8) is 0 Å². The molecule has 2 N–H and O–H groups in total. The minimum atomic E-state index is -0.331. The normalized spacial score (nSPS) is 19.5. The second-order valence-electron chi connectivity index (χ2n) is 5.61. The first-order chi connectivity index (χ1) is 9.52.